The van der Waals surface area contributed by atoms with Crippen LogP contribution < -0.4 is 10.2 Å². The first-order valence-corrected chi connectivity index (χ1v) is 7.28. The van der Waals surface area contributed by atoms with Gasteiger partial charge in [0.05, 0.1) is 0 Å². The van der Waals surface area contributed by atoms with Gasteiger partial charge in [0.15, 0.2) is 0 Å². The Morgan fingerprint density at radius 3 is 2.43 bits per heavy atom. The fourth-order valence-electron chi connectivity index (χ4n) is 2.30. The second kappa shape index (κ2) is 7.56. The Morgan fingerprint density at radius 1 is 1.24 bits per heavy atom. The number of amides is 1. The number of alkyl halides is 2. The minimum absolute atomic E-state index is 0.237. The second-order valence-corrected chi connectivity index (χ2v) is 5.28. The standard InChI is InChI=1S/C14H18ClF2N3O/c15-13(17)14(21)18-5-6-19-7-9-20(10-8-19)12-3-1-11(16)2-4-12/h1-4,13H,5-10H2,(H,18,21). The molecule has 1 N–H and O–H groups in total. The summed E-state index contributed by atoms with van der Waals surface area (Å²) in [7, 11) is 0. The van der Waals surface area contributed by atoms with Gasteiger partial charge in [-0.15, -0.1) is 0 Å². The van der Waals surface area contributed by atoms with Crippen molar-refractivity contribution in [2.75, 3.05) is 44.2 Å². The summed E-state index contributed by atoms with van der Waals surface area (Å²) >= 11 is 5.02. The lowest BCUT2D eigenvalue weighted by Gasteiger charge is -2.36. The summed E-state index contributed by atoms with van der Waals surface area (Å²) < 4.78 is 25.3. The first kappa shape index (κ1) is 16.0. The topological polar surface area (TPSA) is 35.6 Å². The zero-order valence-electron chi connectivity index (χ0n) is 11.6. The van der Waals surface area contributed by atoms with Crippen LogP contribution in [0.5, 0.6) is 0 Å². The quantitative estimate of drug-likeness (QED) is 0.838. The summed E-state index contributed by atoms with van der Waals surface area (Å²) in [6.07, 6.45) is 0. The van der Waals surface area contributed by atoms with E-state index in [0.717, 1.165) is 31.9 Å². The molecule has 0 radical (unpaired) electrons. The third-order valence-corrected chi connectivity index (χ3v) is 3.69. The average Bonchev–Trinajstić information content (AvgIpc) is 2.48. The molecule has 1 aliphatic rings. The zero-order chi connectivity index (χ0) is 15.2. The molecule has 7 heteroatoms. The Hall–Kier alpha value is -1.40. The van der Waals surface area contributed by atoms with E-state index in [1.807, 2.05) is 0 Å². The van der Waals surface area contributed by atoms with E-state index >= 15 is 0 Å². The van der Waals surface area contributed by atoms with Gasteiger partial charge in [0.1, 0.15) is 5.82 Å². The Kier molecular flexibility index (Phi) is 5.76. The number of piperazine rings is 1. The van der Waals surface area contributed by atoms with Crippen molar-refractivity contribution in [3.05, 3.63) is 30.1 Å². The van der Waals surface area contributed by atoms with Crippen LogP contribution in [-0.4, -0.2) is 55.7 Å². The van der Waals surface area contributed by atoms with Gasteiger partial charge in [0.2, 0.25) is 0 Å². The van der Waals surface area contributed by atoms with Gasteiger partial charge >= 0.3 is 0 Å². The van der Waals surface area contributed by atoms with Crippen molar-refractivity contribution in [3.63, 3.8) is 0 Å². The number of carbonyl (C=O) groups excluding carboxylic acids is 1. The number of hydrogen-bond donors (Lipinski definition) is 1. The molecule has 2 rings (SSSR count). The fourth-order valence-corrected chi connectivity index (χ4v) is 2.37. The fraction of sp³-hybridized carbons (Fsp3) is 0.500. The normalized spacial score (nSPS) is 17.6. The van der Waals surface area contributed by atoms with Crippen LogP contribution in [0.1, 0.15) is 0 Å². The molecule has 1 heterocycles. The SMILES string of the molecule is O=C(NCCN1CCN(c2ccc(F)cc2)CC1)C(F)Cl. The molecule has 0 aromatic heterocycles. The molecule has 1 saturated heterocycles. The van der Waals surface area contributed by atoms with E-state index < -0.39 is 11.5 Å². The van der Waals surface area contributed by atoms with Crippen molar-refractivity contribution in [2.45, 2.75) is 5.63 Å². The molecule has 1 fully saturated rings. The highest BCUT2D eigenvalue weighted by Crippen LogP contribution is 2.16. The van der Waals surface area contributed by atoms with Crippen LogP contribution in [0.3, 0.4) is 0 Å². The van der Waals surface area contributed by atoms with E-state index in [0.29, 0.717) is 13.1 Å². The lowest BCUT2D eigenvalue weighted by Crippen LogP contribution is -2.48. The monoisotopic (exact) mass is 317 g/mol. The number of hydrogen-bond acceptors (Lipinski definition) is 3. The molecule has 1 aromatic carbocycles. The number of halogens is 3. The minimum atomic E-state index is -1.99. The van der Waals surface area contributed by atoms with Crippen molar-refractivity contribution < 1.29 is 13.6 Å². The predicted molar refractivity (Wildman–Crippen MR) is 78.8 cm³/mol. The van der Waals surface area contributed by atoms with Crippen LogP contribution >= 0.6 is 11.6 Å². The highest BCUT2D eigenvalue weighted by atomic mass is 35.5. The van der Waals surface area contributed by atoms with Crippen molar-refractivity contribution in [1.82, 2.24) is 10.2 Å². The lowest BCUT2D eigenvalue weighted by atomic mass is 10.2. The third-order valence-electron chi connectivity index (χ3n) is 3.49. The van der Waals surface area contributed by atoms with Gasteiger partial charge in [-0.1, -0.05) is 11.6 Å². The molecule has 1 amide bonds. The summed E-state index contributed by atoms with van der Waals surface area (Å²) in [6, 6.07) is 6.45. The highest BCUT2D eigenvalue weighted by Gasteiger charge is 2.18. The number of nitrogens with zero attached hydrogens (tertiary/aromatic N) is 2. The van der Waals surface area contributed by atoms with E-state index in [-0.39, 0.29) is 5.82 Å². The Labute approximate surface area is 127 Å². The molecule has 0 saturated carbocycles. The largest absolute Gasteiger partial charge is 0.369 e. The molecular weight excluding hydrogens is 300 g/mol. The van der Waals surface area contributed by atoms with Crippen molar-refractivity contribution in [1.29, 1.82) is 0 Å². The van der Waals surface area contributed by atoms with Crippen LogP contribution in [0.4, 0.5) is 14.5 Å². The molecule has 4 nitrogen and oxygen atoms in total. The maximum absolute atomic E-state index is 12.9. The van der Waals surface area contributed by atoms with Gasteiger partial charge in [0, 0.05) is 45.0 Å². The predicted octanol–water partition coefficient (Wildman–Crippen LogP) is 1.60. The maximum Gasteiger partial charge on any atom is 0.270 e. The van der Waals surface area contributed by atoms with E-state index in [1.165, 1.54) is 12.1 Å². The molecule has 1 aliphatic heterocycles. The summed E-state index contributed by atoms with van der Waals surface area (Å²) in [6.45, 7) is 4.39. The molecular formula is C14H18ClF2N3O. The molecule has 0 spiro atoms. The molecule has 0 aliphatic carbocycles. The van der Waals surface area contributed by atoms with Gasteiger partial charge in [-0.3, -0.25) is 9.69 Å². The van der Waals surface area contributed by atoms with E-state index in [4.69, 9.17) is 11.6 Å². The number of nitrogens with one attached hydrogen (secondary N) is 1. The lowest BCUT2D eigenvalue weighted by molar-refractivity contribution is -0.123. The van der Waals surface area contributed by atoms with E-state index in [9.17, 15) is 13.6 Å². The molecule has 1 unspecified atom stereocenters. The van der Waals surface area contributed by atoms with Crippen LogP contribution in [0.15, 0.2) is 24.3 Å². The van der Waals surface area contributed by atoms with Gasteiger partial charge in [-0.05, 0) is 24.3 Å². The van der Waals surface area contributed by atoms with Gasteiger partial charge in [-0.2, -0.15) is 0 Å². The second-order valence-electron chi connectivity index (χ2n) is 4.90. The number of carbonyl (C=O) groups is 1. The maximum atomic E-state index is 12.9. The number of benzene rings is 1. The Balaban J connectivity index is 1.71. The Bertz CT molecular complexity index is 462. The van der Waals surface area contributed by atoms with Crippen LogP contribution in [0, 0.1) is 5.82 Å². The van der Waals surface area contributed by atoms with E-state index in [1.54, 1.807) is 12.1 Å². The summed E-state index contributed by atoms with van der Waals surface area (Å²) in [5.41, 5.74) is -0.980. The highest BCUT2D eigenvalue weighted by molar-refractivity contribution is 6.29. The third kappa shape index (κ3) is 4.82. The first-order valence-electron chi connectivity index (χ1n) is 6.85. The molecule has 1 aromatic rings. The smallest absolute Gasteiger partial charge is 0.270 e. The molecule has 0 bridgehead atoms. The van der Waals surface area contributed by atoms with Crippen LogP contribution in [0.25, 0.3) is 0 Å². The van der Waals surface area contributed by atoms with Crippen LogP contribution in [-0.2, 0) is 4.79 Å². The van der Waals surface area contributed by atoms with E-state index in [2.05, 4.69) is 15.1 Å². The van der Waals surface area contributed by atoms with Crippen molar-refractivity contribution in [3.8, 4) is 0 Å². The minimum Gasteiger partial charge on any atom is -0.369 e. The van der Waals surface area contributed by atoms with Crippen LogP contribution in [0.2, 0.25) is 0 Å². The summed E-state index contributed by atoms with van der Waals surface area (Å²) in [5, 5.41) is 2.44. The number of rotatable bonds is 5. The molecule has 1 atom stereocenters. The zero-order valence-corrected chi connectivity index (χ0v) is 12.3. The van der Waals surface area contributed by atoms with Gasteiger partial charge < -0.3 is 10.2 Å². The average molecular weight is 318 g/mol. The van der Waals surface area contributed by atoms with Crippen molar-refractivity contribution in [2.24, 2.45) is 0 Å². The molecule has 21 heavy (non-hydrogen) atoms. The number of anilines is 1. The van der Waals surface area contributed by atoms with Gasteiger partial charge in [0.25, 0.3) is 11.5 Å². The Morgan fingerprint density at radius 2 is 1.86 bits per heavy atom. The molecule has 116 valence electrons. The van der Waals surface area contributed by atoms with Gasteiger partial charge in [-0.25, -0.2) is 8.78 Å². The van der Waals surface area contributed by atoms with Crippen molar-refractivity contribution >= 4 is 23.2 Å². The summed E-state index contributed by atoms with van der Waals surface area (Å²) in [5.74, 6) is -1.03. The summed E-state index contributed by atoms with van der Waals surface area (Å²) in [4.78, 5) is 15.3. The first-order chi connectivity index (χ1) is 10.1.